The van der Waals surface area contributed by atoms with E-state index in [4.69, 9.17) is 23.2 Å². The topological polar surface area (TPSA) is 66.5 Å². The summed E-state index contributed by atoms with van der Waals surface area (Å²) in [7, 11) is 0. The van der Waals surface area contributed by atoms with E-state index in [-0.39, 0.29) is 28.1 Å². The predicted octanol–water partition coefficient (Wildman–Crippen LogP) is 7.24. The van der Waals surface area contributed by atoms with Crippen molar-refractivity contribution in [1.29, 1.82) is 0 Å². The summed E-state index contributed by atoms with van der Waals surface area (Å²) in [6.45, 7) is 2.00. The maximum atomic E-state index is 14.9. The molecule has 5 nitrogen and oxygen atoms in total. The molecule has 4 aromatic carbocycles. The van der Waals surface area contributed by atoms with Crippen molar-refractivity contribution >= 4 is 57.6 Å². The minimum absolute atomic E-state index is 0.173. The van der Waals surface area contributed by atoms with Crippen molar-refractivity contribution in [3.8, 4) is 0 Å². The third-order valence-electron chi connectivity index (χ3n) is 8.69. The van der Waals surface area contributed by atoms with Gasteiger partial charge < -0.3 is 10.2 Å². The lowest BCUT2D eigenvalue weighted by molar-refractivity contribution is -0.121. The second kappa shape index (κ2) is 9.44. The Morgan fingerprint density at radius 1 is 0.854 bits per heavy atom. The van der Waals surface area contributed by atoms with Gasteiger partial charge in [0.05, 0.1) is 17.0 Å². The van der Waals surface area contributed by atoms with Gasteiger partial charge >= 0.3 is 0 Å². The molecule has 4 aromatic rings. The molecule has 1 saturated heterocycles. The highest BCUT2D eigenvalue weighted by Gasteiger charge is 2.70. The molecule has 0 aromatic heterocycles. The number of para-hydroxylation sites is 2. The van der Waals surface area contributed by atoms with Crippen molar-refractivity contribution in [2.45, 2.75) is 24.4 Å². The Morgan fingerprint density at radius 2 is 1.56 bits per heavy atom. The Kier molecular flexibility index (Phi) is 5.93. The quantitative estimate of drug-likeness (QED) is 0.259. The number of nitrogens with zero attached hydrogens (tertiary/aromatic N) is 1. The van der Waals surface area contributed by atoms with E-state index < -0.39 is 23.4 Å². The van der Waals surface area contributed by atoms with Crippen LogP contribution >= 0.6 is 23.2 Å². The zero-order valence-corrected chi connectivity index (χ0v) is 23.5. The molecule has 3 heterocycles. The molecule has 202 valence electrons. The predicted molar refractivity (Wildman–Crippen MR) is 162 cm³/mol. The van der Waals surface area contributed by atoms with E-state index >= 15 is 0 Å². The van der Waals surface area contributed by atoms with Gasteiger partial charge in [0.15, 0.2) is 11.6 Å². The number of allylic oxidation sites excluding steroid dienone is 1. The molecule has 41 heavy (non-hydrogen) atoms. The fourth-order valence-electron chi connectivity index (χ4n) is 7.02. The Morgan fingerprint density at radius 3 is 2.34 bits per heavy atom. The summed E-state index contributed by atoms with van der Waals surface area (Å²) in [6, 6.07) is 27.3. The third-order valence-corrected chi connectivity index (χ3v) is 9.24. The second-order valence-corrected chi connectivity index (χ2v) is 11.6. The van der Waals surface area contributed by atoms with Crippen LogP contribution < -0.4 is 10.2 Å². The molecule has 0 radical (unpaired) electrons. The smallest absolute Gasteiger partial charge is 0.238 e. The Balaban J connectivity index is 1.57. The SMILES string of the molecule is CC1=C[C@H]2N(c3ccccc31)[C@@H](C(=O)c1ccccc1)[C@@H](C(=O)c1ccc(Cl)cc1Cl)[C@]21C(=O)Nc2ccccc21. The minimum Gasteiger partial charge on any atom is -0.352 e. The number of anilines is 2. The van der Waals surface area contributed by atoms with Gasteiger partial charge in [0.1, 0.15) is 11.5 Å². The number of amides is 1. The fourth-order valence-corrected chi connectivity index (χ4v) is 7.52. The molecule has 1 amide bonds. The van der Waals surface area contributed by atoms with Gasteiger partial charge in [-0.3, -0.25) is 14.4 Å². The molecule has 3 aliphatic heterocycles. The Hall–Kier alpha value is -4.19. The molecule has 7 rings (SSSR count). The molecule has 1 N–H and O–H groups in total. The van der Waals surface area contributed by atoms with E-state index in [1.807, 2.05) is 72.5 Å². The number of hydrogen-bond donors (Lipinski definition) is 1. The van der Waals surface area contributed by atoms with Crippen LogP contribution in [0.5, 0.6) is 0 Å². The first-order valence-corrected chi connectivity index (χ1v) is 14.1. The van der Waals surface area contributed by atoms with E-state index in [0.717, 1.165) is 16.8 Å². The number of benzene rings is 4. The van der Waals surface area contributed by atoms with Crippen LogP contribution in [0.4, 0.5) is 11.4 Å². The van der Waals surface area contributed by atoms with Crippen molar-refractivity contribution in [2.24, 2.45) is 5.92 Å². The van der Waals surface area contributed by atoms with Crippen LogP contribution in [0.15, 0.2) is 103 Å². The molecule has 7 heteroatoms. The molecule has 1 fully saturated rings. The molecule has 0 saturated carbocycles. The van der Waals surface area contributed by atoms with Crippen LogP contribution in [0.2, 0.25) is 10.0 Å². The summed E-state index contributed by atoms with van der Waals surface area (Å²) in [4.78, 5) is 45.9. The monoisotopic (exact) mass is 578 g/mol. The van der Waals surface area contributed by atoms with Crippen LogP contribution in [0.3, 0.4) is 0 Å². The summed E-state index contributed by atoms with van der Waals surface area (Å²) in [6.07, 6.45) is 2.03. The molecule has 0 bridgehead atoms. The Bertz CT molecular complexity index is 1800. The average Bonchev–Trinajstić information content (AvgIpc) is 3.45. The van der Waals surface area contributed by atoms with Crippen LogP contribution in [0.1, 0.15) is 38.8 Å². The third kappa shape index (κ3) is 3.59. The number of Topliss-reactive ketones (excluding diaryl/α,β-unsaturated/α-hetero) is 2. The molecule has 4 atom stereocenters. The number of halogens is 2. The highest BCUT2D eigenvalue weighted by atomic mass is 35.5. The first kappa shape index (κ1) is 25.8. The summed E-state index contributed by atoms with van der Waals surface area (Å²) < 4.78 is 0. The standard InChI is InChI=1S/C34H24Cl2N2O3/c1-19-17-28-34(24-12-6-7-13-26(24)37-33(34)41)29(32(40)23-16-15-21(35)18-25(23)36)30(31(39)20-9-3-2-4-10-20)38(28)27-14-8-5-11-22(19)27/h2-18,28-30H,1H3,(H,37,41)/t28-,29+,30-,34-/m1/s1. The summed E-state index contributed by atoms with van der Waals surface area (Å²) >= 11 is 12.8. The molecule has 3 aliphatic rings. The highest BCUT2D eigenvalue weighted by Crippen LogP contribution is 2.59. The van der Waals surface area contributed by atoms with Crippen molar-refractivity contribution in [2.75, 3.05) is 10.2 Å². The molecular weight excluding hydrogens is 555 g/mol. The van der Waals surface area contributed by atoms with Gasteiger partial charge in [-0.1, -0.05) is 96.0 Å². The summed E-state index contributed by atoms with van der Waals surface area (Å²) in [5.74, 6) is -2.04. The first-order chi connectivity index (χ1) is 19.8. The van der Waals surface area contributed by atoms with Gasteiger partial charge in [0.2, 0.25) is 5.91 Å². The number of carbonyl (C=O) groups is 3. The number of nitrogens with one attached hydrogen (secondary N) is 1. The minimum atomic E-state index is -1.40. The van der Waals surface area contributed by atoms with Gasteiger partial charge in [-0.15, -0.1) is 0 Å². The van der Waals surface area contributed by atoms with E-state index in [0.29, 0.717) is 21.8 Å². The van der Waals surface area contributed by atoms with E-state index in [2.05, 4.69) is 5.32 Å². The second-order valence-electron chi connectivity index (χ2n) is 10.7. The van der Waals surface area contributed by atoms with Crippen molar-refractivity contribution in [1.82, 2.24) is 0 Å². The van der Waals surface area contributed by atoms with Crippen LogP contribution in [0, 0.1) is 5.92 Å². The summed E-state index contributed by atoms with van der Waals surface area (Å²) in [5.41, 5.74) is 3.34. The van der Waals surface area contributed by atoms with E-state index in [1.165, 1.54) is 6.07 Å². The van der Waals surface area contributed by atoms with Gasteiger partial charge in [-0.05, 0) is 48.4 Å². The van der Waals surface area contributed by atoms with Crippen LogP contribution in [0.25, 0.3) is 5.57 Å². The van der Waals surface area contributed by atoms with Gasteiger partial charge in [-0.25, -0.2) is 0 Å². The maximum absolute atomic E-state index is 14.9. The van der Waals surface area contributed by atoms with Crippen molar-refractivity contribution < 1.29 is 14.4 Å². The largest absolute Gasteiger partial charge is 0.352 e. The van der Waals surface area contributed by atoms with Gasteiger partial charge in [-0.2, -0.15) is 0 Å². The maximum Gasteiger partial charge on any atom is 0.238 e. The zero-order valence-electron chi connectivity index (χ0n) is 22.0. The first-order valence-electron chi connectivity index (χ1n) is 13.4. The summed E-state index contributed by atoms with van der Waals surface area (Å²) in [5, 5.41) is 3.61. The number of fused-ring (bicyclic) bond motifs is 6. The van der Waals surface area contributed by atoms with E-state index in [9.17, 15) is 14.4 Å². The number of ketones is 2. The van der Waals surface area contributed by atoms with Crippen LogP contribution in [-0.4, -0.2) is 29.6 Å². The molecule has 1 spiro atoms. The number of rotatable bonds is 4. The van der Waals surface area contributed by atoms with Gasteiger partial charge in [0, 0.05) is 33.1 Å². The number of hydrogen-bond acceptors (Lipinski definition) is 4. The van der Waals surface area contributed by atoms with Crippen molar-refractivity contribution in [3.63, 3.8) is 0 Å². The molecule has 0 unspecified atom stereocenters. The lowest BCUT2D eigenvalue weighted by Crippen LogP contribution is -2.51. The highest BCUT2D eigenvalue weighted by molar-refractivity contribution is 6.37. The van der Waals surface area contributed by atoms with E-state index in [1.54, 1.807) is 36.4 Å². The van der Waals surface area contributed by atoms with Crippen molar-refractivity contribution in [3.05, 3.63) is 135 Å². The average molecular weight is 579 g/mol. The van der Waals surface area contributed by atoms with Crippen LogP contribution in [-0.2, 0) is 10.2 Å². The normalized spacial score (nSPS) is 23.9. The number of carbonyl (C=O) groups excluding carboxylic acids is 3. The lowest BCUT2D eigenvalue weighted by Gasteiger charge is -2.39. The lowest BCUT2D eigenvalue weighted by atomic mass is 9.64. The molecular formula is C34H24Cl2N2O3. The fraction of sp³-hybridized carbons (Fsp3) is 0.147. The Labute approximate surface area is 247 Å². The van der Waals surface area contributed by atoms with Gasteiger partial charge in [0.25, 0.3) is 0 Å². The molecule has 0 aliphatic carbocycles. The zero-order chi connectivity index (χ0) is 28.5.